The molecule has 1 N–H and O–H groups in total. The van der Waals surface area contributed by atoms with Gasteiger partial charge in [0.1, 0.15) is 0 Å². The predicted molar refractivity (Wildman–Crippen MR) is 55.6 cm³/mol. The molecule has 0 aliphatic carbocycles. The molecule has 0 heterocycles. The summed E-state index contributed by atoms with van der Waals surface area (Å²) in [6.45, 7) is 1.68. The second-order valence-electron chi connectivity index (χ2n) is 3.44. The summed E-state index contributed by atoms with van der Waals surface area (Å²) in [5.74, 6) is -0.974. The van der Waals surface area contributed by atoms with Gasteiger partial charge in [-0.25, -0.2) is 8.42 Å². The Labute approximate surface area is 88.5 Å². The number of carboxylic acid groups (broad SMARTS) is 1. The Morgan fingerprint density at radius 1 is 1.40 bits per heavy atom. The highest BCUT2D eigenvalue weighted by molar-refractivity contribution is 7.90. The Balaban J connectivity index is 3.23. The van der Waals surface area contributed by atoms with E-state index in [0.29, 0.717) is 11.1 Å². The lowest BCUT2D eigenvalue weighted by molar-refractivity contribution is -0.136. The van der Waals surface area contributed by atoms with Gasteiger partial charge in [-0.2, -0.15) is 0 Å². The molecule has 0 aromatic heterocycles. The second-order valence-corrected chi connectivity index (χ2v) is 5.43. The van der Waals surface area contributed by atoms with Crippen LogP contribution in [-0.2, 0) is 21.1 Å². The Morgan fingerprint density at radius 3 is 2.47 bits per heavy atom. The van der Waals surface area contributed by atoms with Crippen molar-refractivity contribution in [1.82, 2.24) is 0 Å². The average molecular weight is 228 g/mol. The summed E-state index contributed by atoms with van der Waals surface area (Å²) in [4.78, 5) is 10.7. The largest absolute Gasteiger partial charge is 0.481 e. The zero-order valence-corrected chi connectivity index (χ0v) is 9.34. The molecule has 15 heavy (non-hydrogen) atoms. The molecule has 5 heteroatoms. The van der Waals surface area contributed by atoms with Crippen molar-refractivity contribution in [3.8, 4) is 0 Å². The fraction of sp³-hybridized carbons (Fsp3) is 0.300. The minimum absolute atomic E-state index is 0.164. The van der Waals surface area contributed by atoms with E-state index in [0.717, 1.165) is 6.26 Å². The molecule has 0 unspecified atom stereocenters. The normalized spacial score (nSPS) is 11.3. The molecule has 0 aliphatic heterocycles. The van der Waals surface area contributed by atoms with Crippen LogP contribution >= 0.6 is 0 Å². The Morgan fingerprint density at radius 2 is 2.00 bits per heavy atom. The van der Waals surface area contributed by atoms with Crippen molar-refractivity contribution in [2.45, 2.75) is 18.2 Å². The van der Waals surface area contributed by atoms with Crippen LogP contribution in [0.3, 0.4) is 0 Å². The van der Waals surface area contributed by atoms with Crippen LogP contribution in [0.5, 0.6) is 0 Å². The van der Waals surface area contributed by atoms with E-state index < -0.39 is 15.8 Å². The third-order valence-corrected chi connectivity index (χ3v) is 3.25. The number of sulfone groups is 1. The molecule has 0 atom stereocenters. The summed E-state index contributed by atoms with van der Waals surface area (Å²) >= 11 is 0. The van der Waals surface area contributed by atoms with Gasteiger partial charge < -0.3 is 5.11 Å². The predicted octanol–water partition coefficient (Wildman–Crippen LogP) is 1.03. The van der Waals surface area contributed by atoms with Crippen molar-refractivity contribution >= 4 is 15.8 Å². The van der Waals surface area contributed by atoms with Crippen LogP contribution in [0, 0.1) is 6.92 Å². The van der Waals surface area contributed by atoms with E-state index in [1.807, 2.05) is 0 Å². The van der Waals surface area contributed by atoms with Crippen LogP contribution in [0.1, 0.15) is 11.1 Å². The standard InChI is InChI=1S/C10H12O4S/c1-7-3-4-8(6-10(11)12)5-9(7)15(2,13)14/h3-5H,6H2,1-2H3,(H,11,12). The molecule has 0 fully saturated rings. The molecule has 0 amide bonds. The quantitative estimate of drug-likeness (QED) is 0.838. The van der Waals surface area contributed by atoms with Crippen molar-refractivity contribution in [2.75, 3.05) is 6.26 Å². The van der Waals surface area contributed by atoms with Gasteiger partial charge in [-0.3, -0.25) is 4.79 Å². The van der Waals surface area contributed by atoms with Crippen LogP contribution in [0.2, 0.25) is 0 Å². The highest BCUT2D eigenvalue weighted by atomic mass is 32.2. The van der Waals surface area contributed by atoms with E-state index >= 15 is 0 Å². The van der Waals surface area contributed by atoms with Crippen molar-refractivity contribution < 1.29 is 18.3 Å². The highest BCUT2D eigenvalue weighted by Crippen LogP contribution is 2.17. The third-order valence-electron chi connectivity index (χ3n) is 2.01. The summed E-state index contributed by atoms with van der Waals surface area (Å²) in [6.07, 6.45) is 0.947. The third kappa shape index (κ3) is 3.06. The Hall–Kier alpha value is -1.36. The number of hydrogen-bond donors (Lipinski definition) is 1. The molecule has 1 aromatic rings. The van der Waals surface area contributed by atoms with Crippen LogP contribution in [0.15, 0.2) is 23.1 Å². The lowest BCUT2D eigenvalue weighted by Gasteiger charge is -2.05. The maximum absolute atomic E-state index is 11.3. The van der Waals surface area contributed by atoms with Gasteiger partial charge in [0.15, 0.2) is 9.84 Å². The molecular weight excluding hydrogens is 216 g/mol. The molecule has 1 rings (SSSR count). The summed E-state index contributed by atoms with van der Waals surface area (Å²) in [7, 11) is -3.28. The molecule has 0 saturated heterocycles. The number of rotatable bonds is 3. The SMILES string of the molecule is Cc1ccc(CC(=O)O)cc1S(C)(=O)=O. The molecule has 1 aromatic carbocycles. The molecule has 0 aliphatic rings. The zero-order valence-electron chi connectivity index (χ0n) is 8.52. The van der Waals surface area contributed by atoms with Crippen molar-refractivity contribution in [3.63, 3.8) is 0 Å². The highest BCUT2D eigenvalue weighted by Gasteiger charge is 2.12. The van der Waals surface area contributed by atoms with Gasteiger partial charge in [0.25, 0.3) is 0 Å². The lowest BCUT2D eigenvalue weighted by Crippen LogP contribution is -2.04. The van der Waals surface area contributed by atoms with E-state index in [9.17, 15) is 13.2 Å². The molecule has 0 spiro atoms. The van der Waals surface area contributed by atoms with Crippen LogP contribution in [-0.4, -0.2) is 25.7 Å². The molecule has 0 bridgehead atoms. The molecular formula is C10H12O4S. The first-order valence-corrected chi connectivity index (χ1v) is 6.21. The molecule has 82 valence electrons. The van der Waals surface area contributed by atoms with Crippen molar-refractivity contribution in [3.05, 3.63) is 29.3 Å². The van der Waals surface area contributed by atoms with Crippen molar-refractivity contribution in [2.24, 2.45) is 0 Å². The van der Waals surface area contributed by atoms with E-state index in [-0.39, 0.29) is 11.3 Å². The number of carbonyl (C=O) groups is 1. The maximum Gasteiger partial charge on any atom is 0.307 e. The number of carboxylic acids is 1. The Kier molecular flexibility index (Phi) is 3.14. The fourth-order valence-electron chi connectivity index (χ4n) is 1.33. The molecule has 0 saturated carbocycles. The van der Waals surface area contributed by atoms with Gasteiger partial charge in [0, 0.05) is 6.26 Å². The first-order valence-electron chi connectivity index (χ1n) is 4.32. The minimum Gasteiger partial charge on any atom is -0.481 e. The monoisotopic (exact) mass is 228 g/mol. The van der Waals surface area contributed by atoms with Crippen LogP contribution < -0.4 is 0 Å². The summed E-state index contributed by atoms with van der Waals surface area (Å²) < 4.78 is 22.7. The Bertz CT molecular complexity index is 488. The van der Waals surface area contributed by atoms with E-state index in [2.05, 4.69) is 0 Å². The lowest BCUT2D eigenvalue weighted by atomic mass is 10.1. The fourth-order valence-corrected chi connectivity index (χ4v) is 2.35. The van der Waals surface area contributed by atoms with E-state index in [1.54, 1.807) is 19.1 Å². The van der Waals surface area contributed by atoms with Gasteiger partial charge in [0.2, 0.25) is 0 Å². The average Bonchev–Trinajstić information content (AvgIpc) is 2.05. The minimum atomic E-state index is -3.28. The smallest absolute Gasteiger partial charge is 0.307 e. The maximum atomic E-state index is 11.3. The van der Waals surface area contributed by atoms with Gasteiger partial charge in [-0.15, -0.1) is 0 Å². The zero-order chi connectivity index (χ0) is 11.6. The molecule has 4 nitrogen and oxygen atoms in total. The van der Waals surface area contributed by atoms with E-state index in [1.165, 1.54) is 6.07 Å². The van der Waals surface area contributed by atoms with E-state index in [4.69, 9.17) is 5.11 Å². The summed E-state index contributed by atoms with van der Waals surface area (Å²) in [5.41, 5.74) is 1.13. The second kappa shape index (κ2) is 4.02. The van der Waals surface area contributed by atoms with Gasteiger partial charge in [-0.1, -0.05) is 12.1 Å². The van der Waals surface area contributed by atoms with Crippen molar-refractivity contribution in [1.29, 1.82) is 0 Å². The van der Waals surface area contributed by atoms with Gasteiger partial charge in [0.05, 0.1) is 11.3 Å². The van der Waals surface area contributed by atoms with Gasteiger partial charge >= 0.3 is 5.97 Å². The first-order chi connectivity index (χ1) is 6.80. The van der Waals surface area contributed by atoms with Crippen LogP contribution in [0.4, 0.5) is 0 Å². The number of hydrogen-bond acceptors (Lipinski definition) is 3. The first kappa shape index (κ1) is 11.7. The topological polar surface area (TPSA) is 71.4 Å². The molecule has 0 radical (unpaired) electrons. The van der Waals surface area contributed by atoms with Gasteiger partial charge in [-0.05, 0) is 24.1 Å². The summed E-state index contributed by atoms with van der Waals surface area (Å²) in [5, 5.41) is 8.58. The van der Waals surface area contributed by atoms with Crippen LogP contribution in [0.25, 0.3) is 0 Å². The number of benzene rings is 1. The summed E-state index contributed by atoms with van der Waals surface area (Å²) in [6, 6.07) is 4.66. The number of aryl methyl sites for hydroxylation is 1. The number of aliphatic carboxylic acids is 1.